The second-order valence-electron chi connectivity index (χ2n) is 16.1. The highest BCUT2D eigenvalue weighted by Gasteiger charge is 2.47. The Morgan fingerprint density at radius 1 is 0.579 bits per heavy atom. The topological polar surface area (TPSA) is 0 Å². The van der Waals surface area contributed by atoms with Crippen molar-refractivity contribution in [2.45, 2.75) is 164 Å². The lowest BCUT2D eigenvalue weighted by Crippen LogP contribution is -2.42. The normalized spacial score (nSPS) is 47.3. The van der Waals surface area contributed by atoms with Crippen LogP contribution in [-0.4, -0.2) is 0 Å². The molecule has 0 amide bonds. The van der Waals surface area contributed by atoms with Crippen LogP contribution in [0.4, 0.5) is 0 Å². The highest BCUT2D eigenvalue weighted by molar-refractivity contribution is 4.97. The van der Waals surface area contributed by atoms with Gasteiger partial charge in [-0.05, 0) is 135 Å². The molecule has 0 bridgehead atoms. The largest absolute Gasteiger partial charge is 0.0654 e. The summed E-state index contributed by atoms with van der Waals surface area (Å²) in [5.41, 5.74) is 0. The molecule has 0 heterocycles. The van der Waals surface area contributed by atoms with Crippen LogP contribution >= 0.6 is 0 Å². The predicted molar refractivity (Wildman–Crippen MR) is 168 cm³/mol. The first-order valence-corrected chi connectivity index (χ1v) is 18.4. The number of rotatable bonds is 7. The van der Waals surface area contributed by atoms with E-state index < -0.39 is 0 Å². The third-order valence-electron chi connectivity index (χ3n) is 13.9. The summed E-state index contributed by atoms with van der Waals surface area (Å²) in [5.74, 6) is 13.7. The summed E-state index contributed by atoms with van der Waals surface area (Å²) in [6.07, 6.45) is 27.4. The van der Waals surface area contributed by atoms with Crippen LogP contribution < -0.4 is 0 Å². The average molecular weight is 527 g/mol. The third-order valence-corrected chi connectivity index (χ3v) is 13.9. The van der Waals surface area contributed by atoms with E-state index in [0.717, 1.165) is 76.9 Å². The fourth-order valence-corrected chi connectivity index (χ4v) is 11.3. The van der Waals surface area contributed by atoms with Gasteiger partial charge in [0.05, 0.1) is 0 Å². The molecule has 11 unspecified atom stereocenters. The molecule has 5 fully saturated rings. The summed E-state index contributed by atoms with van der Waals surface area (Å²) in [6.45, 7) is 17.2. The molecule has 0 nitrogen and oxygen atoms in total. The van der Waals surface area contributed by atoms with Crippen molar-refractivity contribution in [3.05, 3.63) is 0 Å². The van der Waals surface area contributed by atoms with Gasteiger partial charge in [0.1, 0.15) is 0 Å². The molecule has 5 rings (SSSR count). The average Bonchev–Trinajstić information content (AvgIpc) is 3.58. The van der Waals surface area contributed by atoms with Gasteiger partial charge in [-0.3, -0.25) is 0 Å². The highest BCUT2D eigenvalue weighted by atomic mass is 14.5. The van der Waals surface area contributed by atoms with Crippen LogP contribution in [0.15, 0.2) is 0 Å². The lowest BCUT2D eigenvalue weighted by Gasteiger charge is -2.49. The monoisotopic (exact) mass is 527 g/mol. The molecule has 0 radical (unpaired) electrons. The van der Waals surface area contributed by atoms with Gasteiger partial charge in [0.25, 0.3) is 0 Å². The Hall–Kier alpha value is 0. The maximum Gasteiger partial charge on any atom is -0.0324 e. The standard InChI is InChI=1S/C22H40.C16H30/c1-4-6-9-20-16(3)15-19-8-7-10-21(19)22(20)18-13-11-17(5-2)12-14-18;1-5-14-10-16(9-12(3)13(14)4)15-7-6-11(2)8-15/h16-22H,4-15H2,1-3H3;11-16H,5-10H2,1-4H3. The number of hydrogen-bond acceptors (Lipinski definition) is 0. The molecule has 0 spiro atoms. The Bertz CT molecular complexity index is 657. The summed E-state index contributed by atoms with van der Waals surface area (Å²) in [6, 6.07) is 0. The first-order chi connectivity index (χ1) is 18.4. The van der Waals surface area contributed by atoms with Gasteiger partial charge in [0.15, 0.2) is 0 Å². The van der Waals surface area contributed by atoms with E-state index in [1.165, 1.54) is 51.4 Å². The van der Waals surface area contributed by atoms with Crippen LogP contribution in [0.25, 0.3) is 0 Å². The van der Waals surface area contributed by atoms with Crippen molar-refractivity contribution < 1.29 is 0 Å². The second kappa shape index (κ2) is 14.8. The van der Waals surface area contributed by atoms with E-state index in [2.05, 4.69) is 48.5 Å². The molecule has 38 heavy (non-hydrogen) atoms. The Labute approximate surface area is 240 Å². The summed E-state index contributed by atoms with van der Waals surface area (Å²) in [7, 11) is 0. The predicted octanol–water partition coefficient (Wildman–Crippen LogP) is 12.2. The molecule has 0 heteroatoms. The first kappa shape index (κ1) is 30.9. The van der Waals surface area contributed by atoms with E-state index >= 15 is 0 Å². The summed E-state index contributed by atoms with van der Waals surface area (Å²) >= 11 is 0. The maximum absolute atomic E-state index is 2.61. The van der Waals surface area contributed by atoms with Crippen LogP contribution in [0.1, 0.15) is 164 Å². The lowest BCUT2D eigenvalue weighted by atomic mass is 9.56. The molecule has 11 atom stereocenters. The molecule has 0 saturated heterocycles. The van der Waals surface area contributed by atoms with E-state index in [9.17, 15) is 0 Å². The van der Waals surface area contributed by atoms with Gasteiger partial charge < -0.3 is 0 Å². The Morgan fingerprint density at radius 3 is 1.92 bits per heavy atom. The molecule has 0 aromatic rings. The second-order valence-corrected chi connectivity index (χ2v) is 16.1. The number of fused-ring (bicyclic) bond motifs is 1. The van der Waals surface area contributed by atoms with Gasteiger partial charge in [-0.15, -0.1) is 0 Å². The molecule has 5 aliphatic carbocycles. The van der Waals surface area contributed by atoms with Crippen molar-refractivity contribution in [1.29, 1.82) is 0 Å². The Morgan fingerprint density at radius 2 is 1.29 bits per heavy atom. The minimum atomic E-state index is 0.972. The van der Waals surface area contributed by atoms with Crippen LogP contribution in [-0.2, 0) is 0 Å². The quantitative estimate of drug-likeness (QED) is 0.309. The zero-order chi connectivity index (χ0) is 27.2. The van der Waals surface area contributed by atoms with Gasteiger partial charge in [-0.25, -0.2) is 0 Å². The van der Waals surface area contributed by atoms with Crippen LogP contribution in [0, 0.1) is 76.9 Å². The van der Waals surface area contributed by atoms with Crippen molar-refractivity contribution in [2.24, 2.45) is 76.9 Å². The van der Waals surface area contributed by atoms with Crippen molar-refractivity contribution >= 4 is 0 Å². The molecule has 0 aromatic carbocycles. The van der Waals surface area contributed by atoms with Crippen LogP contribution in [0.5, 0.6) is 0 Å². The molecule has 0 aromatic heterocycles. The maximum atomic E-state index is 2.61. The Balaban J connectivity index is 0.000000186. The van der Waals surface area contributed by atoms with Crippen LogP contribution in [0.2, 0.25) is 0 Å². The van der Waals surface area contributed by atoms with Crippen molar-refractivity contribution in [3.63, 3.8) is 0 Å². The van der Waals surface area contributed by atoms with E-state index in [-0.39, 0.29) is 0 Å². The summed E-state index contributed by atoms with van der Waals surface area (Å²) in [5, 5.41) is 0. The summed E-state index contributed by atoms with van der Waals surface area (Å²) < 4.78 is 0. The van der Waals surface area contributed by atoms with E-state index in [1.807, 2.05) is 0 Å². The van der Waals surface area contributed by atoms with E-state index in [1.54, 1.807) is 64.2 Å². The molecular weight excluding hydrogens is 456 g/mol. The smallest absolute Gasteiger partial charge is 0.0324 e. The van der Waals surface area contributed by atoms with E-state index in [0.29, 0.717) is 0 Å². The number of unbranched alkanes of at least 4 members (excludes halogenated alkanes) is 1. The fourth-order valence-electron chi connectivity index (χ4n) is 11.3. The molecule has 222 valence electrons. The van der Waals surface area contributed by atoms with Gasteiger partial charge >= 0.3 is 0 Å². The molecule has 0 N–H and O–H groups in total. The lowest BCUT2D eigenvalue weighted by molar-refractivity contribution is -0.00258. The van der Waals surface area contributed by atoms with Gasteiger partial charge in [-0.1, -0.05) is 106 Å². The minimum absolute atomic E-state index is 0.972. The van der Waals surface area contributed by atoms with Gasteiger partial charge in [-0.2, -0.15) is 0 Å². The zero-order valence-corrected chi connectivity index (χ0v) is 27.2. The van der Waals surface area contributed by atoms with Gasteiger partial charge in [0, 0.05) is 0 Å². The van der Waals surface area contributed by atoms with Gasteiger partial charge in [0.2, 0.25) is 0 Å². The first-order valence-electron chi connectivity index (χ1n) is 18.4. The molecular formula is C38H70. The van der Waals surface area contributed by atoms with E-state index in [4.69, 9.17) is 0 Å². The molecule has 5 saturated carbocycles. The van der Waals surface area contributed by atoms with Crippen LogP contribution in [0.3, 0.4) is 0 Å². The minimum Gasteiger partial charge on any atom is -0.0654 e. The third kappa shape index (κ3) is 7.44. The fraction of sp³-hybridized carbons (Fsp3) is 1.00. The summed E-state index contributed by atoms with van der Waals surface area (Å²) in [4.78, 5) is 0. The highest BCUT2D eigenvalue weighted by Crippen LogP contribution is 2.56. The molecule has 0 aliphatic heterocycles. The Kier molecular flexibility index (Phi) is 12.0. The van der Waals surface area contributed by atoms with Crippen molar-refractivity contribution in [2.75, 3.05) is 0 Å². The molecule has 5 aliphatic rings. The zero-order valence-electron chi connectivity index (χ0n) is 27.2. The SMILES string of the molecule is CCC1CC(C2CCC(C)C2)CC(C)C1C.CCCCC1C(C)CC2CCCC2C1C1CCC(CC)CC1. The van der Waals surface area contributed by atoms with Crippen molar-refractivity contribution in [1.82, 2.24) is 0 Å². The number of hydrogen-bond donors (Lipinski definition) is 0. The van der Waals surface area contributed by atoms with Crippen molar-refractivity contribution in [3.8, 4) is 0 Å².